The van der Waals surface area contributed by atoms with Gasteiger partial charge in [-0.2, -0.15) is 0 Å². The van der Waals surface area contributed by atoms with Crippen LogP contribution in [0.3, 0.4) is 0 Å². The van der Waals surface area contributed by atoms with Crippen molar-refractivity contribution in [1.82, 2.24) is 0 Å². The number of esters is 1. The number of hydrogen-bond donors (Lipinski definition) is 0. The number of carbonyl (C=O) groups is 2. The lowest BCUT2D eigenvalue weighted by molar-refractivity contribution is -0.142. The Hall–Kier alpha value is -1.55. The summed E-state index contributed by atoms with van der Waals surface area (Å²) < 4.78 is 4.74. The highest BCUT2D eigenvalue weighted by Crippen LogP contribution is 2.29. The molecule has 0 N–H and O–H groups in total. The van der Waals surface area contributed by atoms with Crippen LogP contribution in [0.1, 0.15) is 30.4 Å². The van der Waals surface area contributed by atoms with Crippen molar-refractivity contribution in [2.24, 2.45) is 0 Å². The highest BCUT2D eigenvalue weighted by Gasteiger charge is 2.18. The van der Waals surface area contributed by atoms with Gasteiger partial charge in [-0.05, 0) is 24.1 Å². The number of rotatable bonds is 3. The Kier molecular flexibility index (Phi) is 4.43. The molecule has 1 aromatic rings. The van der Waals surface area contributed by atoms with E-state index < -0.39 is 0 Å². The highest BCUT2D eigenvalue weighted by molar-refractivity contribution is 8.04. The van der Waals surface area contributed by atoms with Crippen LogP contribution in [0.15, 0.2) is 29.2 Å². The molecule has 0 spiro atoms. The van der Waals surface area contributed by atoms with Crippen molar-refractivity contribution in [2.75, 3.05) is 12.9 Å². The van der Waals surface area contributed by atoms with Crippen molar-refractivity contribution in [1.29, 1.82) is 0 Å². The van der Waals surface area contributed by atoms with Gasteiger partial charge in [0.2, 0.25) is 0 Å². The molecule has 1 heterocycles. The summed E-state index contributed by atoms with van der Waals surface area (Å²) in [6, 6.07) is 7.66. The maximum Gasteiger partial charge on any atom is 0.312 e. The zero-order valence-corrected chi connectivity index (χ0v) is 11.8. The number of Topliss-reactive ketones (excluding diaryl/α,β-unsaturated/α-hetero) is 1. The lowest BCUT2D eigenvalue weighted by Gasteiger charge is -2.10. The first-order valence-electron chi connectivity index (χ1n) is 6.17. The van der Waals surface area contributed by atoms with E-state index in [1.165, 1.54) is 7.11 Å². The molecule has 0 radical (unpaired) electrons. The molecule has 100 valence electrons. The number of ketones is 1. The third kappa shape index (κ3) is 3.26. The molecule has 1 fully saturated rings. The van der Waals surface area contributed by atoms with E-state index in [2.05, 4.69) is 0 Å². The lowest BCUT2D eigenvalue weighted by Crippen LogP contribution is -2.10. The molecule has 0 saturated carbocycles. The first-order chi connectivity index (χ1) is 9.11. The van der Waals surface area contributed by atoms with E-state index in [4.69, 9.17) is 4.74 Å². The van der Waals surface area contributed by atoms with Crippen LogP contribution in [0.25, 0.3) is 6.08 Å². The number of carbonyl (C=O) groups excluding carboxylic acids is 2. The number of ether oxygens (including phenoxy) is 1. The SMILES string of the molecule is COC(=O)C(C)c1cccc(/C=C2\SCCC2=O)c1. The molecule has 3 nitrogen and oxygen atoms in total. The molecule has 1 saturated heterocycles. The Bertz CT molecular complexity index is 534. The minimum atomic E-state index is -0.296. The summed E-state index contributed by atoms with van der Waals surface area (Å²) in [5.74, 6) is 0.519. The third-order valence-corrected chi connectivity index (χ3v) is 4.19. The Morgan fingerprint density at radius 2 is 2.26 bits per heavy atom. The zero-order valence-electron chi connectivity index (χ0n) is 11.0. The number of thioether (sulfide) groups is 1. The predicted molar refractivity (Wildman–Crippen MR) is 76.9 cm³/mol. The van der Waals surface area contributed by atoms with E-state index >= 15 is 0 Å². The van der Waals surface area contributed by atoms with E-state index in [-0.39, 0.29) is 17.7 Å². The van der Waals surface area contributed by atoms with Crippen LogP contribution in [-0.4, -0.2) is 24.6 Å². The van der Waals surface area contributed by atoms with Crippen LogP contribution in [-0.2, 0) is 14.3 Å². The molecule has 1 atom stereocenters. The number of hydrogen-bond acceptors (Lipinski definition) is 4. The van der Waals surface area contributed by atoms with Gasteiger partial charge in [0, 0.05) is 12.2 Å². The quantitative estimate of drug-likeness (QED) is 0.629. The predicted octanol–water partition coefficient (Wildman–Crippen LogP) is 3.01. The molecule has 4 heteroatoms. The second-order valence-corrected chi connectivity index (χ2v) is 5.58. The molecule has 0 amide bonds. The van der Waals surface area contributed by atoms with Crippen molar-refractivity contribution in [3.05, 3.63) is 40.3 Å². The smallest absolute Gasteiger partial charge is 0.312 e. The molecule has 1 aliphatic rings. The van der Waals surface area contributed by atoms with Gasteiger partial charge in [0.25, 0.3) is 0 Å². The Balaban J connectivity index is 2.24. The first kappa shape index (κ1) is 13.9. The standard InChI is InChI=1S/C15H16O3S/c1-10(15(17)18-2)12-5-3-4-11(8-12)9-14-13(16)6-7-19-14/h3-5,8-10H,6-7H2,1-2H3/b14-9-. The van der Waals surface area contributed by atoms with Crippen molar-refractivity contribution >= 4 is 29.6 Å². The number of methoxy groups -OCH3 is 1. The van der Waals surface area contributed by atoms with E-state index in [0.29, 0.717) is 6.42 Å². The summed E-state index contributed by atoms with van der Waals surface area (Å²) in [6.07, 6.45) is 2.52. The van der Waals surface area contributed by atoms with Gasteiger partial charge in [0.05, 0.1) is 17.9 Å². The largest absolute Gasteiger partial charge is 0.469 e. The zero-order chi connectivity index (χ0) is 13.8. The van der Waals surface area contributed by atoms with Crippen molar-refractivity contribution in [3.8, 4) is 0 Å². The molecular weight excluding hydrogens is 260 g/mol. The lowest BCUT2D eigenvalue weighted by atomic mass is 9.99. The summed E-state index contributed by atoms with van der Waals surface area (Å²) in [5.41, 5.74) is 1.85. The Morgan fingerprint density at radius 3 is 2.89 bits per heavy atom. The fourth-order valence-electron chi connectivity index (χ4n) is 1.96. The van der Waals surface area contributed by atoms with E-state index in [1.54, 1.807) is 11.8 Å². The van der Waals surface area contributed by atoms with Crippen molar-refractivity contribution in [2.45, 2.75) is 19.3 Å². The number of allylic oxidation sites excluding steroid dienone is 1. The topological polar surface area (TPSA) is 43.4 Å². The molecule has 2 rings (SSSR count). The molecule has 0 bridgehead atoms. The van der Waals surface area contributed by atoms with Crippen LogP contribution < -0.4 is 0 Å². The molecule has 1 aromatic carbocycles. The van der Waals surface area contributed by atoms with Crippen LogP contribution in [0.4, 0.5) is 0 Å². The maximum atomic E-state index is 11.6. The average Bonchev–Trinajstić information content (AvgIpc) is 2.83. The Labute approximate surface area is 117 Å². The second-order valence-electron chi connectivity index (χ2n) is 4.45. The molecule has 0 aliphatic carbocycles. The highest BCUT2D eigenvalue weighted by atomic mass is 32.2. The minimum Gasteiger partial charge on any atom is -0.469 e. The van der Waals surface area contributed by atoms with E-state index in [9.17, 15) is 9.59 Å². The van der Waals surface area contributed by atoms with Crippen LogP contribution in [0, 0.1) is 0 Å². The summed E-state index contributed by atoms with van der Waals surface area (Å²) in [7, 11) is 1.39. The van der Waals surface area contributed by atoms with Gasteiger partial charge >= 0.3 is 5.97 Å². The summed E-state index contributed by atoms with van der Waals surface area (Å²) in [5, 5.41) is 0. The van der Waals surface area contributed by atoms with Gasteiger partial charge in [0.1, 0.15) is 0 Å². The molecule has 19 heavy (non-hydrogen) atoms. The maximum absolute atomic E-state index is 11.6. The van der Waals surface area contributed by atoms with Crippen molar-refractivity contribution < 1.29 is 14.3 Å². The van der Waals surface area contributed by atoms with Crippen LogP contribution in [0.5, 0.6) is 0 Å². The minimum absolute atomic E-state index is 0.205. The van der Waals surface area contributed by atoms with Crippen LogP contribution >= 0.6 is 11.8 Å². The summed E-state index contributed by atoms with van der Waals surface area (Å²) in [4.78, 5) is 23.9. The molecule has 1 aliphatic heterocycles. The van der Waals surface area contributed by atoms with Gasteiger partial charge in [-0.1, -0.05) is 24.3 Å². The van der Waals surface area contributed by atoms with E-state index in [0.717, 1.165) is 21.8 Å². The third-order valence-electron chi connectivity index (χ3n) is 3.12. The van der Waals surface area contributed by atoms with Gasteiger partial charge in [-0.15, -0.1) is 11.8 Å². The van der Waals surface area contributed by atoms with Crippen molar-refractivity contribution in [3.63, 3.8) is 0 Å². The van der Waals surface area contributed by atoms with Gasteiger partial charge in [-0.3, -0.25) is 9.59 Å². The average molecular weight is 276 g/mol. The second kappa shape index (κ2) is 6.06. The summed E-state index contributed by atoms with van der Waals surface area (Å²) >= 11 is 1.59. The molecular formula is C15H16O3S. The summed E-state index contributed by atoms with van der Waals surface area (Å²) in [6.45, 7) is 1.81. The van der Waals surface area contributed by atoms with Gasteiger partial charge < -0.3 is 4.74 Å². The first-order valence-corrected chi connectivity index (χ1v) is 7.16. The van der Waals surface area contributed by atoms with Gasteiger partial charge in [-0.25, -0.2) is 0 Å². The van der Waals surface area contributed by atoms with Gasteiger partial charge in [0.15, 0.2) is 5.78 Å². The Morgan fingerprint density at radius 1 is 1.47 bits per heavy atom. The number of benzene rings is 1. The normalized spacial score (nSPS) is 18.6. The molecule has 1 unspecified atom stereocenters. The fraction of sp³-hybridized carbons (Fsp3) is 0.333. The molecule has 0 aromatic heterocycles. The van der Waals surface area contributed by atoms with E-state index in [1.807, 2.05) is 37.3 Å². The fourth-order valence-corrected chi connectivity index (χ4v) is 2.95. The van der Waals surface area contributed by atoms with Crippen LogP contribution in [0.2, 0.25) is 0 Å². The monoisotopic (exact) mass is 276 g/mol.